The molecule has 0 saturated carbocycles. The van der Waals surface area contributed by atoms with Gasteiger partial charge in [-0.15, -0.1) is 11.3 Å². The zero-order chi connectivity index (χ0) is 11.1. The molecular weight excluding hydrogens is 225 g/mol. The van der Waals surface area contributed by atoms with Gasteiger partial charge >= 0.3 is 6.18 Å². The average molecular weight is 234 g/mol. The molecule has 0 bridgehead atoms. The highest BCUT2D eigenvalue weighted by atomic mass is 32.1. The Hall–Kier alpha value is -0.880. The van der Waals surface area contributed by atoms with Crippen LogP contribution in [0.2, 0.25) is 0 Å². The first-order valence-corrected chi connectivity index (χ1v) is 5.28. The summed E-state index contributed by atoms with van der Waals surface area (Å²) < 4.78 is 36.8. The van der Waals surface area contributed by atoms with Gasteiger partial charge in [0.05, 0.1) is 4.88 Å². The van der Waals surface area contributed by atoms with Crippen molar-refractivity contribution in [1.82, 2.24) is 4.98 Å². The van der Waals surface area contributed by atoms with E-state index in [1.54, 1.807) is 0 Å². The first-order valence-electron chi connectivity index (χ1n) is 4.46. The molecular formula is C9H9F3N2S. The van der Waals surface area contributed by atoms with E-state index in [0.717, 1.165) is 18.4 Å². The van der Waals surface area contributed by atoms with E-state index in [9.17, 15) is 13.2 Å². The average Bonchev–Trinajstić information content (AvgIpc) is 2.69. The van der Waals surface area contributed by atoms with Crippen LogP contribution in [0.4, 0.5) is 13.2 Å². The lowest BCUT2D eigenvalue weighted by Crippen LogP contribution is -2.11. The van der Waals surface area contributed by atoms with Crippen molar-refractivity contribution in [1.29, 1.82) is 0 Å². The second-order valence-corrected chi connectivity index (χ2v) is 4.45. The van der Waals surface area contributed by atoms with Crippen LogP contribution in [0.3, 0.4) is 0 Å². The van der Waals surface area contributed by atoms with Crippen LogP contribution in [0.25, 0.3) is 5.57 Å². The van der Waals surface area contributed by atoms with Crippen LogP contribution in [0.15, 0.2) is 12.3 Å². The molecule has 6 heteroatoms. The van der Waals surface area contributed by atoms with E-state index in [4.69, 9.17) is 5.73 Å². The Morgan fingerprint density at radius 3 is 2.67 bits per heavy atom. The minimum Gasteiger partial charge on any atom is -0.324 e. The Morgan fingerprint density at radius 2 is 2.20 bits per heavy atom. The normalized spacial score (nSPS) is 21.9. The summed E-state index contributed by atoms with van der Waals surface area (Å²) in [5.74, 6) is 0. The van der Waals surface area contributed by atoms with Crippen molar-refractivity contribution >= 4 is 16.9 Å². The Balaban J connectivity index is 2.25. The monoisotopic (exact) mass is 234 g/mol. The van der Waals surface area contributed by atoms with Gasteiger partial charge in [0.15, 0.2) is 5.01 Å². The van der Waals surface area contributed by atoms with E-state index in [0.29, 0.717) is 16.2 Å². The summed E-state index contributed by atoms with van der Waals surface area (Å²) in [6.07, 6.45) is 0.282. The number of hydrogen-bond donors (Lipinski definition) is 1. The second-order valence-electron chi connectivity index (χ2n) is 3.42. The third-order valence-corrected chi connectivity index (χ3v) is 3.34. The van der Waals surface area contributed by atoms with Crippen LogP contribution >= 0.6 is 11.3 Å². The second kappa shape index (κ2) is 3.61. The first-order chi connectivity index (χ1) is 6.97. The van der Waals surface area contributed by atoms with E-state index in [1.165, 1.54) is 6.20 Å². The van der Waals surface area contributed by atoms with Crippen molar-refractivity contribution in [3.8, 4) is 0 Å². The van der Waals surface area contributed by atoms with Gasteiger partial charge in [0.25, 0.3) is 0 Å². The highest BCUT2D eigenvalue weighted by Crippen LogP contribution is 2.37. The molecule has 1 aromatic rings. The summed E-state index contributed by atoms with van der Waals surface area (Å²) in [5.41, 5.74) is 6.53. The quantitative estimate of drug-likeness (QED) is 0.811. The lowest BCUT2D eigenvalue weighted by molar-refractivity contribution is -0.137. The van der Waals surface area contributed by atoms with E-state index < -0.39 is 11.2 Å². The molecule has 1 aliphatic rings. The van der Waals surface area contributed by atoms with Gasteiger partial charge in [0.1, 0.15) is 0 Å². The van der Waals surface area contributed by atoms with E-state index in [2.05, 4.69) is 4.98 Å². The van der Waals surface area contributed by atoms with Crippen molar-refractivity contribution < 1.29 is 13.2 Å². The molecule has 2 rings (SSSR count). The molecule has 1 atom stereocenters. The summed E-state index contributed by atoms with van der Waals surface area (Å²) in [7, 11) is 0. The molecule has 0 aliphatic heterocycles. The topological polar surface area (TPSA) is 38.9 Å². The largest absolute Gasteiger partial charge is 0.443 e. The van der Waals surface area contributed by atoms with Gasteiger partial charge in [-0.3, -0.25) is 0 Å². The molecule has 15 heavy (non-hydrogen) atoms. The number of halogens is 3. The fraction of sp³-hybridized carbons (Fsp3) is 0.444. The number of alkyl halides is 3. The Labute approximate surface area is 88.6 Å². The van der Waals surface area contributed by atoms with Crippen LogP contribution in [-0.2, 0) is 6.18 Å². The summed E-state index contributed by atoms with van der Waals surface area (Å²) in [6, 6.07) is -0.0311. The van der Waals surface area contributed by atoms with Crippen molar-refractivity contribution in [2.75, 3.05) is 0 Å². The molecule has 0 spiro atoms. The smallest absolute Gasteiger partial charge is 0.324 e. The Morgan fingerprint density at radius 1 is 1.47 bits per heavy atom. The maximum atomic E-state index is 12.3. The number of allylic oxidation sites excluding steroid dienone is 1. The third-order valence-electron chi connectivity index (χ3n) is 2.23. The molecule has 0 fully saturated rings. The zero-order valence-corrected chi connectivity index (χ0v) is 8.53. The maximum Gasteiger partial charge on any atom is 0.443 e. The van der Waals surface area contributed by atoms with Crippen molar-refractivity contribution in [2.45, 2.75) is 25.1 Å². The predicted octanol–water partition coefficient (Wildman–Crippen LogP) is 2.67. The Kier molecular flexibility index (Phi) is 2.56. The lowest BCUT2D eigenvalue weighted by Gasteiger charge is -1.99. The number of hydrogen-bond acceptors (Lipinski definition) is 3. The summed E-state index contributed by atoms with van der Waals surface area (Å²) in [6.45, 7) is 0. The van der Waals surface area contributed by atoms with E-state index in [-0.39, 0.29) is 6.04 Å². The molecule has 1 unspecified atom stereocenters. The lowest BCUT2D eigenvalue weighted by atomic mass is 10.2. The van der Waals surface area contributed by atoms with Crippen LogP contribution in [0.5, 0.6) is 0 Å². The summed E-state index contributed by atoms with van der Waals surface area (Å²) in [5, 5.41) is -0.793. The maximum absolute atomic E-state index is 12.3. The molecule has 2 N–H and O–H groups in total. The van der Waals surface area contributed by atoms with E-state index >= 15 is 0 Å². The molecule has 0 radical (unpaired) electrons. The molecule has 2 nitrogen and oxygen atoms in total. The van der Waals surface area contributed by atoms with Gasteiger partial charge < -0.3 is 5.73 Å². The standard InChI is InChI=1S/C9H9F3N2S/c10-9(11,12)8-14-4-7(15-8)5-1-2-6(13)3-5/h3-4,6H,1-2,13H2. The molecule has 1 aromatic heterocycles. The SMILES string of the molecule is NC1C=C(c2cnc(C(F)(F)F)s2)CC1. The Bertz CT molecular complexity index is 394. The number of thiazole rings is 1. The molecule has 0 amide bonds. The predicted molar refractivity (Wildman–Crippen MR) is 52.3 cm³/mol. The van der Waals surface area contributed by atoms with Gasteiger partial charge in [0, 0.05) is 12.2 Å². The minimum absolute atomic E-state index is 0.0311. The summed E-state index contributed by atoms with van der Waals surface area (Å²) in [4.78, 5) is 3.95. The first kappa shape index (κ1) is 10.6. The molecule has 82 valence electrons. The van der Waals surface area contributed by atoms with Crippen LogP contribution < -0.4 is 5.73 Å². The van der Waals surface area contributed by atoms with Gasteiger partial charge in [-0.1, -0.05) is 6.08 Å². The highest BCUT2D eigenvalue weighted by Gasteiger charge is 2.35. The fourth-order valence-corrected chi connectivity index (χ4v) is 2.34. The van der Waals surface area contributed by atoms with Crippen LogP contribution in [0, 0.1) is 0 Å². The van der Waals surface area contributed by atoms with Gasteiger partial charge in [0.2, 0.25) is 0 Å². The van der Waals surface area contributed by atoms with Crippen molar-refractivity contribution in [3.05, 3.63) is 22.2 Å². The van der Waals surface area contributed by atoms with Crippen molar-refractivity contribution in [3.63, 3.8) is 0 Å². The van der Waals surface area contributed by atoms with E-state index in [1.807, 2.05) is 6.08 Å². The van der Waals surface area contributed by atoms with Crippen molar-refractivity contribution in [2.24, 2.45) is 5.73 Å². The minimum atomic E-state index is -4.34. The third kappa shape index (κ3) is 2.21. The molecule has 1 aliphatic carbocycles. The molecule has 0 saturated heterocycles. The molecule has 1 heterocycles. The highest BCUT2D eigenvalue weighted by molar-refractivity contribution is 7.12. The number of aromatic nitrogens is 1. The number of nitrogens with zero attached hydrogens (tertiary/aromatic N) is 1. The van der Waals surface area contributed by atoms with Gasteiger partial charge in [-0.25, -0.2) is 4.98 Å². The van der Waals surface area contributed by atoms with Crippen LogP contribution in [-0.4, -0.2) is 11.0 Å². The number of rotatable bonds is 1. The summed E-state index contributed by atoms with van der Waals surface area (Å²) >= 11 is 0.679. The fourth-order valence-electron chi connectivity index (χ4n) is 1.51. The van der Waals surface area contributed by atoms with Gasteiger partial charge in [-0.2, -0.15) is 13.2 Å². The van der Waals surface area contributed by atoms with Crippen LogP contribution in [0.1, 0.15) is 22.7 Å². The molecule has 0 aromatic carbocycles. The number of nitrogens with two attached hydrogens (primary N) is 1. The zero-order valence-electron chi connectivity index (χ0n) is 7.71. The van der Waals surface area contributed by atoms with Gasteiger partial charge in [-0.05, 0) is 18.4 Å².